The first-order valence-electron chi connectivity index (χ1n) is 11.2. The highest BCUT2D eigenvalue weighted by molar-refractivity contribution is 7.91. The second kappa shape index (κ2) is 9.43. The molecular weight excluding hydrogens is 505 g/mol. The Kier molecular flexibility index (Phi) is 6.31. The van der Waals surface area contributed by atoms with Gasteiger partial charge in [-0.15, -0.1) is 11.3 Å². The molecule has 0 radical (unpaired) electrons. The topological polar surface area (TPSA) is 123 Å². The highest BCUT2D eigenvalue weighted by Crippen LogP contribution is 2.35. The van der Waals surface area contributed by atoms with Crippen molar-refractivity contribution in [3.63, 3.8) is 0 Å². The summed E-state index contributed by atoms with van der Waals surface area (Å²) in [5, 5.41) is 7.69. The Morgan fingerprint density at radius 3 is 2.61 bits per heavy atom. The van der Waals surface area contributed by atoms with Gasteiger partial charge in [0, 0.05) is 36.3 Å². The summed E-state index contributed by atoms with van der Waals surface area (Å²) in [4.78, 5) is 28.9. The molecule has 2 N–H and O–H groups in total. The van der Waals surface area contributed by atoms with Crippen molar-refractivity contribution in [1.82, 2.24) is 25.4 Å². The summed E-state index contributed by atoms with van der Waals surface area (Å²) in [5.74, 6) is -1.76. The molecule has 0 saturated heterocycles. The number of aromatic nitrogens is 3. The minimum Gasteiger partial charge on any atom is -0.352 e. The van der Waals surface area contributed by atoms with Crippen LogP contribution >= 0.6 is 11.3 Å². The van der Waals surface area contributed by atoms with Gasteiger partial charge in [-0.3, -0.25) is 9.59 Å². The van der Waals surface area contributed by atoms with Gasteiger partial charge in [-0.1, -0.05) is 12.1 Å². The third-order valence-corrected chi connectivity index (χ3v) is 8.22. The maximum Gasteiger partial charge on any atom is 0.245 e. The van der Waals surface area contributed by atoms with Crippen molar-refractivity contribution in [2.24, 2.45) is 0 Å². The molecule has 0 bridgehead atoms. The zero-order valence-corrected chi connectivity index (χ0v) is 20.8. The second-order valence-electron chi connectivity index (χ2n) is 8.62. The van der Waals surface area contributed by atoms with Crippen LogP contribution < -0.4 is 10.6 Å². The van der Waals surface area contributed by atoms with Crippen LogP contribution in [-0.2, 0) is 19.4 Å². The summed E-state index contributed by atoms with van der Waals surface area (Å²) in [6, 6.07) is 11.9. The molecule has 2 aromatic carbocycles. The van der Waals surface area contributed by atoms with E-state index >= 15 is 4.39 Å². The van der Waals surface area contributed by atoms with Gasteiger partial charge in [0.05, 0.1) is 22.4 Å². The lowest BCUT2D eigenvalue weighted by Crippen LogP contribution is -2.41. The number of carbonyl (C=O) groups excluding carboxylic acids is 2. The lowest BCUT2D eigenvalue weighted by Gasteiger charge is -2.12. The quantitative estimate of drug-likeness (QED) is 0.363. The van der Waals surface area contributed by atoms with E-state index in [0.717, 1.165) is 36.1 Å². The number of fused-ring (bicyclic) bond motifs is 1. The van der Waals surface area contributed by atoms with E-state index in [9.17, 15) is 18.0 Å². The van der Waals surface area contributed by atoms with Crippen LogP contribution in [0.5, 0.6) is 0 Å². The lowest BCUT2D eigenvalue weighted by molar-refractivity contribution is -0.126. The largest absolute Gasteiger partial charge is 0.352 e. The SMILES string of the molecule is CS(=O)(=O)C(C(=O)NCC(=O)NC1CC1)c1nc2cc(F)c(-c3ccc(-n4cccn4)cc3)cc2s1. The van der Waals surface area contributed by atoms with Crippen LogP contribution in [0.1, 0.15) is 23.1 Å². The minimum absolute atomic E-state index is 0.0122. The minimum atomic E-state index is -3.92. The summed E-state index contributed by atoms with van der Waals surface area (Å²) in [7, 11) is -3.92. The zero-order chi connectivity index (χ0) is 25.4. The van der Waals surface area contributed by atoms with Gasteiger partial charge in [0.1, 0.15) is 10.8 Å². The molecule has 2 amide bonds. The fourth-order valence-corrected chi connectivity index (χ4v) is 6.30. The number of rotatable bonds is 8. The molecule has 2 aromatic heterocycles. The molecule has 2 heterocycles. The van der Waals surface area contributed by atoms with Crippen LogP contribution in [-0.4, -0.2) is 53.8 Å². The van der Waals surface area contributed by atoms with Crippen LogP contribution in [0, 0.1) is 5.82 Å². The van der Waals surface area contributed by atoms with Gasteiger partial charge in [0.25, 0.3) is 0 Å². The van der Waals surface area contributed by atoms with E-state index in [2.05, 4.69) is 20.7 Å². The van der Waals surface area contributed by atoms with E-state index in [1.54, 1.807) is 41.3 Å². The van der Waals surface area contributed by atoms with Gasteiger partial charge in [-0.25, -0.2) is 22.5 Å². The molecule has 1 saturated carbocycles. The summed E-state index contributed by atoms with van der Waals surface area (Å²) in [5.41, 5.74) is 2.01. The van der Waals surface area contributed by atoms with Crippen molar-refractivity contribution in [2.45, 2.75) is 24.1 Å². The Hall–Kier alpha value is -3.64. The van der Waals surface area contributed by atoms with Gasteiger partial charge in [0.2, 0.25) is 11.8 Å². The van der Waals surface area contributed by atoms with Crippen molar-refractivity contribution in [1.29, 1.82) is 0 Å². The molecule has 1 atom stereocenters. The first kappa shape index (κ1) is 24.1. The van der Waals surface area contributed by atoms with E-state index < -0.39 is 26.8 Å². The van der Waals surface area contributed by atoms with E-state index in [1.165, 1.54) is 6.07 Å². The monoisotopic (exact) mass is 527 g/mol. The predicted molar refractivity (Wildman–Crippen MR) is 134 cm³/mol. The molecule has 1 aliphatic carbocycles. The van der Waals surface area contributed by atoms with Crippen molar-refractivity contribution in [2.75, 3.05) is 12.8 Å². The second-order valence-corrected chi connectivity index (χ2v) is 11.8. The van der Waals surface area contributed by atoms with Crippen molar-refractivity contribution < 1.29 is 22.4 Å². The molecule has 4 aromatic rings. The number of benzene rings is 2. The normalized spacial score (nSPS) is 14.5. The van der Waals surface area contributed by atoms with Gasteiger partial charge < -0.3 is 10.6 Å². The van der Waals surface area contributed by atoms with Gasteiger partial charge in [-0.05, 0) is 42.7 Å². The molecule has 186 valence electrons. The number of hydrogen-bond acceptors (Lipinski definition) is 7. The summed E-state index contributed by atoms with van der Waals surface area (Å²) >= 11 is 1.00. The number of halogens is 1. The molecule has 1 aliphatic rings. The maximum absolute atomic E-state index is 15.0. The van der Waals surface area contributed by atoms with Crippen LogP contribution in [0.25, 0.3) is 27.0 Å². The Bertz CT molecular complexity index is 1550. The number of amides is 2. The maximum atomic E-state index is 15.0. The number of carbonyl (C=O) groups is 2. The Morgan fingerprint density at radius 2 is 1.97 bits per heavy atom. The molecular formula is C24H22FN5O4S2. The lowest BCUT2D eigenvalue weighted by atomic mass is 10.0. The first-order valence-corrected chi connectivity index (χ1v) is 13.9. The van der Waals surface area contributed by atoms with Crippen LogP contribution in [0.4, 0.5) is 4.39 Å². The molecule has 1 fully saturated rings. The van der Waals surface area contributed by atoms with E-state index in [1.807, 2.05) is 12.1 Å². The zero-order valence-electron chi connectivity index (χ0n) is 19.1. The van der Waals surface area contributed by atoms with E-state index in [0.29, 0.717) is 15.8 Å². The van der Waals surface area contributed by atoms with E-state index in [-0.39, 0.29) is 29.0 Å². The van der Waals surface area contributed by atoms with Crippen molar-refractivity contribution in [3.8, 4) is 16.8 Å². The molecule has 12 heteroatoms. The predicted octanol–water partition coefficient (Wildman–Crippen LogP) is 2.77. The summed E-state index contributed by atoms with van der Waals surface area (Å²) in [6.07, 6.45) is 6.18. The number of nitrogens with one attached hydrogen (secondary N) is 2. The van der Waals surface area contributed by atoms with Crippen molar-refractivity contribution >= 4 is 43.2 Å². The Labute approximate surface area is 210 Å². The molecule has 0 spiro atoms. The van der Waals surface area contributed by atoms with Crippen LogP contribution in [0.15, 0.2) is 54.9 Å². The van der Waals surface area contributed by atoms with Crippen molar-refractivity contribution in [3.05, 3.63) is 65.7 Å². The third kappa shape index (κ3) is 5.14. The third-order valence-electron chi connectivity index (χ3n) is 5.70. The Balaban J connectivity index is 1.42. The standard InChI is InChI=1S/C24H22FN5O4S2/c1-36(33,34)22(23(32)26-13-21(31)28-15-5-6-15)24-29-19-12-18(25)17(11-20(19)35-24)14-3-7-16(8-4-14)30-10-2-9-27-30/h2-4,7-12,15,22H,5-6,13H2,1H3,(H,26,32)(H,28,31). The smallest absolute Gasteiger partial charge is 0.245 e. The average Bonchev–Trinajstić information content (AvgIpc) is 3.29. The molecule has 5 rings (SSSR count). The summed E-state index contributed by atoms with van der Waals surface area (Å²) < 4.78 is 42.2. The highest BCUT2D eigenvalue weighted by Gasteiger charge is 2.34. The number of nitrogens with zero attached hydrogens (tertiary/aromatic N) is 3. The number of sulfone groups is 1. The average molecular weight is 528 g/mol. The molecule has 36 heavy (non-hydrogen) atoms. The number of thiazole rings is 1. The Morgan fingerprint density at radius 1 is 1.22 bits per heavy atom. The van der Waals surface area contributed by atoms with Gasteiger partial charge in [0.15, 0.2) is 15.1 Å². The molecule has 9 nitrogen and oxygen atoms in total. The van der Waals surface area contributed by atoms with Crippen LogP contribution in [0.3, 0.4) is 0 Å². The fourth-order valence-electron chi connectivity index (χ4n) is 3.77. The number of hydrogen-bond donors (Lipinski definition) is 2. The fraction of sp³-hybridized carbons (Fsp3) is 0.250. The van der Waals surface area contributed by atoms with Crippen LogP contribution in [0.2, 0.25) is 0 Å². The molecule has 1 unspecified atom stereocenters. The summed E-state index contributed by atoms with van der Waals surface area (Å²) in [6.45, 7) is -0.334. The van der Waals surface area contributed by atoms with Gasteiger partial charge in [-0.2, -0.15) is 5.10 Å². The van der Waals surface area contributed by atoms with Gasteiger partial charge >= 0.3 is 0 Å². The van der Waals surface area contributed by atoms with E-state index in [4.69, 9.17) is 0 Å². The molecule has 0 aliphatic heterocycles. The first-order chi connectivity index (χ1) is 17.2. The highest BCUT2D eigenvalue weighted by atomic mass is 32.2.